The van der Waals surface area contributed by atoms with Crippen molar-refractivity contribution in [1.29, 1.82) is 5.26 Å². The summed E-state index contributed by atoms with van der Waals surface area (Å²) >= 11 is 0. The normalized spacial score (nSPS) is 29.9. The zero-order valence-electron chi connectivity index (χ0n) is 13.7. The van der Waals surface area contributed by atoms with Gasteiger partial charge in [-0.15, -0.1) is 0 Å². The number of likely N-dealkylation sites (N-methyl/N-ethyl adjacent to an activating group) is 1. The van der Waals surface area contributed by atoms with Crippen LogP contribution in [-0.2, 0) is 5.41 Å². The lowest BCUT2D eigenvalue weighted by molar-refractivity contribution is 0.137. The lowest BCUT2D eigenvalue weighted by Crippen LogP contribution is -2.44. The fourth-order valence-corrected chi connectivity index (χ4v) is 4.00. The molecule has 0 radical (unpaired) electrons. The number of ether oxygens (including phenoxy) is 2. The summed E-state index contributed by atoms with van der Waals surface area (Å²) in [6.45, 7) is 0.956. The van der Waals surface area contributed by atoms with Gasteiger partial charge in [0.2, 0.25) is 0 Å². The lowest BCUT2D eigenvalue weighted by Gasteiger charge is -2.39. The van der Waals surface area contributed by atoms with Gasteiger partial charge in [0, 0.05) is 11.5 Å². The molecule has 1 saturated heterocycles. The number of methoxy groups -OCH3 is 2. The Morgan fingerprint density at radius 2 is 2.13 bits per heavy atom. The Bertz CT molecular complexity index is 680. The van der Waals surface area contributed by atoms with Crippen LogP contribution in [0.1, 0.15) is 24.0 Å². The number of likely N-dealkylation sites (tertiary alicyclic amines) is 1. The van der Waals surface area contributed by atoms with Crippen LogP contribution < -0.4 is 9.47 Å². The van der Waals surface area contributed by atoms with Gasteiger partial charge in [0.1, 0.15) is 6.07 Å². The average molecular weight is 314 g/mol. The zero-order valence-corrected chi connectivity index (χ0v) is 13.7. The number of hydrogen-bond donors (Lipinski definition) is 1. The molecule has 1 aliphatic heterocycles. The van der Waals surface area contributed by atoms with E-state index in [0.717, 1.165) is 18.5 Å². The molecule has 1 aromatic rings. The van der Waals surface area contributed by atoms with E-state index < -0.39 is 6.10 Å². The molecule has 0 spiro atoms. The summed E-state index contributed by atoms with van der Waals surface area (Å²) < 4.78 is 10.8. The third-order valence-corrected chi connectivity index (χ3v) is 5.22. The Morgan fingerprint density at radius 1 is 1.35 bits per heavy atom. The van der Waals surface area contributed by atoms with Gasteiger partial charge in [-0.05, 0) is 44.1 Å². The maximum atomic E-state index is 10.0. The van der Waals surface area contributed by atoms with Crippen LogP contribution in [0.4, 0.5) is 0 Å². The van der Waals surface area contributed by atoms with Crippen LogP contribution in [0.3, 0.4) is 0 Å². The van der Waals surface area contributed by atoms with Crippen LogP contribution in [0.5, 0.6) is 11.5 Å². The first-order valence-electron chi connectivity index (χ1n) is 7.80. The zero-order chi connectivity index (χ0) is 16.6. The van der Waals surface area contributed by atoms with Gasteiger partial charge in [-0.3, -0.25) is 0 Å². The van der Waals surface area contributed by atoms with Crippen LogP contribution in [0.25, 0.3) is 0 Å². The van der Waals surface area contributed by atoms with E-state index in [2.05, 4.69) is 24.1 Å². The molecule has 1 aliphatic carbocycles. The third kappa shape index (κ3) is 2.39. The van der Waals surface area contributed by atoms with Gasteiger partial charge in [0.15, 0.2) is 11.5 Å². The fraction of sp³-hybridized carbons (Fsp3) is 0.500. The largest absolute Gasteiger partial charge is 0.493 e. The Morgan fingerprint density at radius 3 is 2.78 bits per heavy atom. The highest BCUT2D eigenvalue weighted by atomic mass is 16.5. The second-order valence-electron chi connectivity index (χ2n) is 6.32. The first kappa shape index (κ1) is 15.9. The molecule has 0 aromatic heterocycles. The maximum Gasteiger partial charge on any atom is 0.178 e. The summed E-state index contributed by atoms with van der Waals surface area (Å²) in [5.74, 6) is 1.04. The molecule has 0 unspecified atom stereocenters. The van der Waals surface area contributed by atoms with E-state index >= 15 is 0 Å². The van der Waals surface area contributed by atoms with Gasteiger partial charge in [-0.2, -0.15) is 5.26 Å². The number of fused-ring (bicyclic) bond motifs is 1. The van der Waals surface area contributed by atoms with Crippen LogP contribution in [0.2, 0.25) is 0 Å². The molecule has 1 aromatic carbocycles. The monoisotopic (exact) mass is 314 g/mol. The molecule has 3 atom stereocenters. The van der Waals surface area contributed by atoms with Crippen molar-refractivity contribution in [2.75, 3.05) is 27.8 Å². The van der Waals surface area contributed by atoms with Crippen molar-refractivity contribution in [1.82, 2.24) is 4.90 Å². The quantitative estimate of drug-likeness (QED) is 0.862. The molecule has 0 amide bonds. The van der Waals surface area contributed by atoms with E-state index in [-0.39, 0.29) is 11.5 Å². The molecule has 3 rings (SSSR count). The second-order valence-corrected chi connectivity index (χ2v) is 6.32. The van der Waals surface area contributed by atoms with Gasteiger partial charge in [0.05, 0.1) is 25.9 Å². The summed E-state index contributed by atoms with van der Waals surface area (Å²) in [5.41, 5.74) is 1.33. The minimum Gasteiger partial charge on any atom is -0.493 e. The molecule has 1 N–H and O–H groups in total. The Hall–Kier alpha value is -2.03. The van der Waals surface area contributed by atoms with Crippen molar-refractivity contribution < 1.29 is 14.6 Å². The highest BCUT2D eigenvalue weighted by Gasteiger charge is 2.48. The Balaban J connectivity index is 2.17. The van der Waals surface area contributed by atoms with Crippen LogP contribution in [0.15, 0.2) is 24.3 Å². The highest BCUT2D eigenvalue weighted by Crippen LogP contribution is 2.47. The molecule has 23 heavy (non-hydrogen) atoms. The Labute approximate surface area is 136 Å². The van der Waals surface area contributed by atoms with Crippen molar-refractivity contribution in [3.63, 3.8) is 0 Å². The molecule has 0 saturated carbocycles. The third-order valence-electron chi connectivity index (χ3n) is 5.22. The van der Waals surface area contributed by atoms with E-state index in [0.29, 0.717) is 23.5 Å². The van der Waals surface area contributed by atoms with Gasteiger partial charge >= 0.3 is 0 Å². The van der Waals surface area contributed by atoms with Gasteiger partial charge in [-0.1, -0.05) is 12.2 Å². The summed E-state index contributed by atoms with van der Waals surface area (Å²) in [6.07, 6.45) is 5.22. The van der Waals surface area contributed by atoms with E-state index in [1.807, 2.05) is 18.2 Å². The number of benzene rings is 1. The number of aliphatic hydroxyl groups is 1. The molecule has 1 heterocycles. The molecular formula is C18H22N2O3. The molecular weight excluding hydrogens is 292 g/mol. The van der Waals surface area contributed by atoms with Crippen molar-refractivity contribution >= 4 is 0 Å². The van der Waals surface area contributed by atoms with Crippen molar-refractivity contribution in [2.45, 2.75) is 30.4 Å². The maximum absolute atomic E-state index is 10.0. The molecule has 122 valence electrons. The predicted octanol–water partition coefficient (Wildman–Crippen LogP) is 1.84. The molecule has 2 aliphatic rings. The number of nitrogens with zero attached hydrogens (tertiary/aromatic N) is 2. The first-order valence-corrected chi connectivity index (χ1v) is 7.80. The second kappa shape index (κ2) is 5.88. The van der Waals surface area contributed by atoms with E-state index in [4.69, 9.17) is 9.47 Å². The van der Waals surface area contributed by atoms with Gasteiger partial charge < -0.3 is 19.5 Å². The standard InChI is InChI=1S/C18H22N2O3/c1-20-7-6-18(5-4-14(21)10-16(18)20)13-8-12(11-19)17(23-3)15(9-13)22-2/h4-5,8-9,14,16,21H,6-7,10H2,1-3H3/t14-,16+,18+/m1/s1. The van der Waals surface area contributed by atoms with Crippen LogP contribution in [-0.4, -0.2) is 50.0 Å². The first-order chi connectivity index (χ1) is 11.1. The molecule has 1 fully saturated rings. The minimum atomic E-state index is -0.413. The fourth-order valence-electron chi connectivity index (χ4n) is 4.00. The predicted molar refractivity (Wildman–Crippen MR) is 86.7 cm³/mol. The van der Waals surface area contributed by atoms with E-state index in [1.54, 1.807) is 14.2 Å². The van der Waals surface area contributed by atoms with Crippen LogP contribution >= 0.6 is 0 Å². The summed E-state index contributed by atoms with van der Waals surface area (Å²) in [7, 11) is 5.21. The summed E-state index contributed by atoms with van der Waals surface area (Å²) in [6, 6.07) is 6.28. The van der Waals surface area contributed by atoms with Crippen molar-refractivity contribution in [3.8, 4) is 17.6 Å². The summed E-state index contributed by atoms with van der Waals surface area (Å²) in [4.78, 5) is 2.29. The van der Waals surface area contributed by atoms with E-state index in [9.17, 15) is 10.4 Å². The Kier molecular flexibility index (Phi) is 4.05. The number of hydrogen-bond acceptors (Lipinski definition) is 5. The van der Waals surface area contributed by atoms with E-state index in [1.165, 1.54) is 0 Å². The lowest BCUT2D eigenvalue weighted by atomic mass is 9.69. The minimum absolute atomic E-state index is 0.195. The topological polar surface area (TPSA) is 65.7 Å². The SMILES string of the molecule is COc1cc([C@@]23C=C[C@@H](O)C[C@@H]2N(C)CC3)cc(C#N)c1OC. The smallest absolute Gasteiger partial charge is 0.178 e. The average Bonchev–Trinajstić information content (AvgIpc) is 2.91. The molecule has 5 nitrogen and oxygen atoms in total. The van der Waals surface area contributed by atoms with Crippen molar-refractivity contribution in [3.05, 3.63) is 35.4 Å². The van der Waals surface area contributed by atoms with Gasteiger partial charge in [0.25, 0.3) is 0 Å². The number of rotatable bonds is 3. The molecule has 5 heteroatoms. The molecule has 0 bridgehead atoms. The summed E-state index contributed by atoms with van der Waals surface area (Å²) in [5, 5.41) is 19.5. The number of nitriles is 1. The van der Waals surface area contributed by atoms with Crippen LogP contribution in [0, 0.1) is 11.3 Å². The van der Waals surface area contributed by atoms with Crippen molar-refractivity contribution in [2.24, 2.45) is 0 Å². The number of aliphatic hydroxyl groups excluding tert-OH is 1. The highest BCUT2D eigenvalue weighted by molar-refractivity contribution is 5.57. The van der Waals surface area contributed by atoms with Gasteiger partial charge in [-0.25, -0.2) is 0 Å².